The Balaban J connectivity index is 1.72. The fraction of sp³-hybridized carbons (Fsp3) is 0.235. The predicted molar refractivity (Wildman–Crippen MR) is 89.9 cm³/mol. The Morgan fingerprint density at radius 2 is 1.83 bits per heavy atom. The molecule has 1 aromatic carbocycles. The van der Waals surface area contributed by atoms with Gasteiger partial charge in [-0.1, -0.05) is 5.16 Å². The van der Waals surface area contributed by atoms with Crippen molar-refractivity contribution in [3.05, 3.63) is 42.6 Å². The lowest BCUT2D eigenvalue weighted by Gasteiger charge is -2.04. The van der Waals surface area contributed by atoms with E-state index in [4.69, 9.17) is 14.0 Å². The van der Waals surface area contributed by atoms with Crippen LogP contribution >= 0.6 is 0 Å². The fourth-order valence-corrected chi connectivity index (χ4v) is 2.10. The first-order valence-corrected chi connectivity index (χ1v) is 7.47. The van der Waals surface area contributed by atoms with Crippen LogP contribution in [0.2, 0.25) is 0 Å². The maximum atomic E-state index is 5.33. The zero-order valence-electron chi connectivity index (χ0n) is 13.5. The molecule has 1 N–H and O–H groups in total. The third kappa shape index (κ3) is 3.69. The summed E-state index contributed by atoms with van der Waals surface area (Å²) in [6, 6.07) is 11.2. The van der Waals surface area contributed by atoms with Crippen LogP contribution in [0.4, 0.5) is 5.82 Å². The lowest BCUT2D eigenvalue weighted by molar-refractivity contribution is 0.210. The lowest BCUT2D eigenvalue weighted by Crippen LogP contribution is -2.08. The minimum Gasteiger partial charge on any atom is -0.497 e. The van der Waals surface area contributed by atoms with Gasteiger partial charge in [-0.15, -0.1) is 0 Å². The van der Waals surface area contributed by atoms with Gasteiger partial charge in [-0.05, 0) is 36.4 Å². The highest BCUT2D eigenvalue weighted by Crippen LogP contribution is 2.23. The second-order valence-electron chi connectivity index (χ2n) is 5.00. The highest BCUT2D eigenvalue weighted by Gasteiger charge is 2.11. The summed E-state index contributed by atoms with van der Waals surface area (Å²) >= 11 is 0. The molecular weight excluding hydrogens is 308 g/mol. The van der Waals surface area contributed by atoms with Crippen LogP contribution in [0.15, 0.2) is 47.1 Å². The Morgan fingerprint density at radius 3 is 2.50 bits per heavy atom. The summed E-state index contributed by atoms with van der Waals surface area (Å²) in [5.74, 6) is 2.50. The summed E-state index contributed by atoms with van der Waals surface area (Å²) in [7, 11) is 3.29. The van der Waals surface area contributed by atoms with Gasteiger partial charge in [0.1, 0.15) is 11.6 Å². The molecule has 0 amide bonds. The minimum absolute atomic E-state index is 0.428. The molecule has 0 bridgehead atoms. The fourth-order valence-electron chi connectivity index (χ4n) is 2.10. The van der Waals surface area contributed by atoms with Crippen molar-refractivity contribution in [2.75, 3.05) is 32.7 Å². The number of anilines is 1. The number of benzene rings is 1. The molecule has 0 radical (unpaired) electrons. The maximum absolute atomic E-state index is 5.33. The van der Waals surface area contributed by atoms with Crippen LogP contribution in [-0.2, 0) is 4.74 Å². The highest BCUT2D eigenvalue weighted by atomic mass is 16.5. The van der Waals surface area contributed by atoms with Gasteiger partial charge in [0.15, 0.2) is 0 Å². The lowest BCUT2D eigenvalue weighted by atomic mass is 10.2. The van der Waals surface area contributed by atoms with E-state index in [1.807, 2.05) is 36.4 Å². The molecule has 0 aliphatic carbocycles. The summed E-state index contributed by atoms with van der Waals surface area (Å²) in [6.07, 6.45) is 1.69. The molecule has 24 heavy (non-hydrogen) atoms. The third-order valence-corrected chi connectivity index (χ3v) is 3.40. The molecule has 3 rings (SSSR count). The van der Waals surface area contributed by atoms with Crippen LogP contribution in [0.25, 0.3) is 22.8 Å². The second kappa shape index (κ2) is 7.56. The van der Waals surface area contributed by atoms with Crippen LogP contribution < -0.4 is 10.1 Å². The van der Waals surface area contributed by atoms with Crippen molar-refractivity contribution in [3.8, 4) is 28.6 Å². The summed E-state index contributed by atoms with van der Waals surface area (Å²) in [4.78, 5) is 8.73. The molecule has 124 valence electrons. The summed E-state index contributed by atoms with van der Waals surface area (Å²) < 4.78 is 15.5. The van der Waals surface area contributed by atoms with Crippen molar-refractivity contribution in [2.24, 2.45) is 0 Å². The number of nitrogens with zero attached hydrogens (tertiary/aromatic N) is 3. The second-order valence-corrected chi connectivity index (χ2v) is 5.00. The molecule has 3 aromatic rings. The molecule has 0 atom stereocenters. The Morgan fingerprint density at radius 1 is 1.04 bits per heavy atom. The number of ether oxygens (including phenoxy) is 2. The van der Waals surface area contributed by atoms with E-state index in [0.717, 1.165) is 22.7 Å². The highest BCUT2D eigenvalue weighted by molar-refractivity contribution is 5.60. The monoisotopic (exact) mass is 326 g/mol. The Labute approximate surface area is 139 Å². The molecule has 7 heteroatoms. The van der Waals surface area contributed by atoms with Gasteiger partial charge in [-0.3, -0.25) is 0 Å². The molecule has 2 heterocycles. The van der Waals surface area contributed by atoms with Gasteiger partial charge in [0.05, 0.1) is 19.3 Å². The topological polar surface area (TPSA) is 82.3 Å². The van der Waals surface area contributed by atoms with Gasteiger partial charge in [-0.25, -0.2) is 4.98 Å². The number of aromatic nitrogens is 3. The molecule has 0 fully saturated rings. The molecular formula is C17H18N4O3. The summed E-state index contributed by atoms with van der Waals surface area (Å²) in [5, 5.41) is 7.17. The molecule has 2 aromatic heterocycles. The van der Waals surface area contributed by atoms with E-state index in [-0.39, 0.29) is 0 Å². The molecule has 0 aliphatic heterocycles. The zero-order valence-corrected chi connectivity index (χ0v) is 13.5. The summed E-state index contributed by atoms with van der Waals surface area (Å²) in [6.45, 7) is 1.32. The van der Waals surface area contributed by atoms with Gasteiger partial charge in [-0.2, -0.15) is 4.98 Å². The van der Waals surface area contributed by atoms with Crippen molar-refractivity contribution >= 4 is 5.82 Å². The predicted octanol–water partition coefficient (Wildman–Crippen LogP) is 2.87. The summed E-state index contributed by atoms with van der Waals surface area (Å²) in [5.41, 5.74) is 1.62. The molecule has 0 saturated heterocycles. The average molecular weight is 326 g/mol. The van der Waals surface area contributed by atoms with Crippen molar-refractivity contribution in [3.63, 3.8) is 0 Å². The SMILES string of the molecule is COCCNc1ccc(-c2nc(-c3ccc(OC)cc3)no2)cn1. The molecule has 0 spiro atoms. The molecule has 7 nitrogen and oxygen atoms in total. The maximum Gasteiger partial charge on any atom is 0.259 e. The van der Waals surface area contributed by atoms with E-state index in [9.17, 15) is 0 Å². The number of rotatable bonds is 7. The number of methoxy groups -OCH3 is 2. The van der Waals surface area contributed by atoms with E-state index in [1.54, 1.807) is 20.4 Å². The number of pyridine rings is 1. The van der Waals surface area contributed by atoms with Crippen LogP contribution in [0.3, 0.4) is 0 Å². The molecule has 0 saturated carbocycles. The largest absolute Gasteiger partial charge is 0.497 e. The standard InChI is InChI=1S/C17H18N4O3/c1-22-10-9-18-15-8-5-13(11-19-15)17-20-16(21-24-17)12-3-6-14(23-2)7-4-12/h3-8,11H,9-10H2,1-2H3,(H,18,19). The van der Waals surface area contributed by atoms with Crippen molar-refractivity contribution in [2.45, 2.75) is 0 Å². The quantitative estimate of drug-likeness (QED) is 0.668. The number of nitrogens with one attached hydrogen (secondary N) is 1. The van der Waals surface area contributed by atoms with Crippen LogP contribution in [0.1, 0.15) is 0 Å². The first-order chi connectivity index (χ1) is 11.8. The smallest absolute Gasteiger partial charge is 0.259 e. The molecule has 0 unspecified atom stereocenters. The van der Waals surface area contributed by atoms with Gasteiger partial charge in [0.2, 0.25) is 5.82 Å². The van der Waals surface area contributed by atoms with Crippen LogP contribution in [0.5, 0.6) is 5.75 Å². The number of hydrogen-bond acceptors (Lipinski definition) is 7. The van der Waals surface area contributed by atoms with Crippen molar-refractivity contribution in [1.29, 1.82) is 0 Å². The Kier molecular flexibility index (Phi) is 5.02. The normalized spacial score (nSPS) is 10.6. The molecule has 0 aliphatic rings. The first-order valence-electron chi connectivity index (χ1n) is 7.47. The van der Waals surface area contributed by atoms with Crippen LogP contribution in [0, 0.1) is 0 Å². The van der Waals surface area contributed by atoms with E-state index < -0.39 is 0 Å². The Bertz CT molecular complexity index is 769. The average Bonchev–Trinajstić information content (AvgIpc) is 3.13. The van der Waals surface area contributed by atoms with Gasteiger partial charge in [0.25, 0.3) is 5.89 Å². The van der Waals surface area contributed by atoms with Crippen molar-refractivity contribution < 1.29 is 14.0 Å². The van der Waals surface area contributed by atoms with Crippen LogP contribution in [-0.4, -0.2) is 42.5 Å². The van der Waals surface area contributed by atoms with E-state index in [1.165, 1.54) is 0 Å². The van der Waals surface area contributed by atoms with E-state index >= 15 is 0 Å². The van der Waals surface area contributed by atoms with Gasteiger partial charge >= 0.3 is 0 Å². The van der Waals surface area contributed by atoms with E-state index in [0.29, 0.717) is 24.9 Å². The van der Waals surface area contributed by atoms with Gasteiger partial charge < -0.3 is 19.3 Å². The Hall–Kier alpha value is -2.93. The number of hydrogen-bond donors (Lipinski definition) is 1. The minimum atomic E-state index is 0.428. The first kappa shape index (κ1) is 15.9. The van der Waals surface area contributed by atoms with E-state index in [2.05, 4.69) is 20.4 Å². The van der Waals surface area contributed by atoms with Gasteiger partial charge in [0, 0.05) is 25.4 Å². The zero-order chi connectivity index (χ0) is 16.8. The third-order valence-electron chi connectivity index (χ3n) is 3.40. The van der Waals surface area contributed by atoms with Crippen molar-refractivity contribution in [1.82, 2.24) is 15.1 Å².